The number of hydrogen-bond donors (Lipinski definition) is 1. The molecule has 7 nitrogen and oxygen atoms in total. The van der Waals surface area contributed by atoms with Crippen LogP contribution in [0.4, 0.5) is 8.78 Å². The van der Waals surface area contributed by atoms with Gasteiger partial charge in [-0.15, -0.1) is 0 Å². The van der Waals surface area contributed by atoms with Crippen LogP contribution in [0.5, 0.6) is 0 Å². The maximum Gasteiger partial charge on any atom is 0.137 e. The summed E-state index contributed by atoms with van der Waals surface area (Å²) in [7, 11) is 0. The molecular weight excluding hydrogens is 306 g/mol. The normalized spacial score (nSPS) is 18.2. The summed E-state index contributed by atoms with van der Waals surface area (Å²) in [6.07, 6.45) is 2.74. The van der Waals surface area contributed by atoms with Crippen LogP contribution in [0.25, 0.3) is 0 Å². The van der Waals surface area contributed by atoms with Gasteiger partial charge in [-0.25, -0.2) is 18.4 Å². The molecule has 0 amide bonds. The highest BCUT2D eigenvalue weighted by Gasteiger charge is 2.42. The van der Waals surface area contributed by atoms with Gasteiger partial charge < -0.3 is 5.11 Å². The van der Waals surface area contributed by atoms with Crippen LogP contribution in [-0.2, 0) is 12.1 Å². The van der Waals surface area contributed by atoms with E-state index in [2.05, 4.69) is 20.4 Å². The van der Waals surface area contributed by atoms with Crippen LogP contribution in [0.3, 0.4) is 0 Å². The van der Waals surface area contributed by atoms with Crippen LogP contribution in [0.15, 0.2) is 41.2 Å². The molecule has 23 heavy (non-hydrogen) atoms. The molecule has 0 saturated heterocycles. The van der Waals surface area contributed by atoms with Gasteiger partial charge in [0.1, 0.15) is 29.9 Å². The molecule has 2 aromatic rings. The minimum atomic E-state index is -1.69. The van der Waals surface area contributed by atoms with Crippen LogP contribution in [0.1, 0.15) is 12.5 Å². The average molecular weight is 322 g/mol. The van der Waals surface area contributed by atoms with E-state index in [9.17, 15) is 13.9 Å². The number of aromatic nitrogens is 3. The van der Waals surface area contributed by atoms with Crippen molar-refractivity contribution in [3.8, 4) is 0 Å². The summed E-state index contributed by atoms with van der Waals surface area (Å²) in [4.78, 5) is 3.82. The fourth-order valence-corrected chi connectivity index (χ4v) is 2.68. The molecule has 0 spiro atoms. The van der Waals surface area contributed by atoms with E-state index in [-0.39, 0.29) is 12.1 Å². The molecule has 0 radical (unpaired) electrons. The summed E-state index contributed by atoms with van der Waals surface area (Å²) in [5.41, 5.74) is -1.71. The van der Waals surface area contributed by atoms with Gasteiger partial charge in [0, 0.05) is 11.6 Å². The molecule has 1 aromatic heterocycles. The number of aliphatic hydroxyl groups is 1. The first-order valence-corrected chi connectivity index (χ1v) is 7.15. The number of rotatable bonds is 5. The van der Waals surface area contributed by atoms with Gasteiger partial charge in [0.15, 0.2) is 0 Å². The fraction of sp³-hybridized carbons (Fsp3) is 0.429. The van der Waals surface area contributed by atoms with Crippen molar-refractivity contribution in [2.45, 2.75) is 25.1 Å². The lowest BCUT2D eigenvalue weighted by atomic mass is 9.86. The molecule has 9 heteroatoms. The van der Waals surface area contributed by atoms with Gasteiger partial charge in [-0.1, -0.05) is 11.3 Å². The second kappa shape index (κ2) is 5.99. The first-order valence-electron chi connectivity index (χ1n) is 7.15. The smallest absolute Gasteiger partial charge is 0.137 e. The van der Waals surface area contributed by atoms with E-state index in [1.165, 1.54) is 23.4 Å². The van der Waals surface area contributed by atoms with E-state index < -0.39 is 23.3 Å². The van der Waals surface area contributed by atoms with Crippen molar-refractivity contribution in [2.75, 3.05) is 13.1 Å². The third kappa shape index (κ3) is 2.91. The number of halogens is 2. The van der Waals surface area contributed by atoms with Crippen LogP contribution >= 0.6 is 0 Å². The summed E-state index contributed by atoms with van der Waals surface area (Å²) < 4.78 is 28.9. The zero-order valence-electron chi connectivity index (χ0n) is 12.5. The van der Waals surface area contributed by atoms with Gasteiger partial charge in [0.2, 0.25) is 0 Å². The lowest BCUT2D eigenvalue weighted by molar-refractivity contribution is -0.0607. The monoisotopic (exact) mass is 322 g/mol. The Morgan fingerprint density at radius 2 is 2.22 bits per heavy atom. The zero-order chi connectivity index (χ0) is 16.4. The zero-order valence-corrected chi connectivity index (χ0v) is 12.5. The summed E-state index contributed by atoms with van der Waals surface area (Å²) >= 11 is 0. The number of benzene rings is 1. The van der Waals surface area contributed by atoms with Gasteiger partial charge >= 0.3 is 0 Å². The molecular formula is C14H16F2N6O. The molecule has 1 aliphatic rings. The molecule has 0 unspecified atom stereocenters. The first-order chi connectivity index (χ1) is 11.0. The van der Waals surface area contributed by atoms with Gasteiger partial charge in [0.05, 0.1) is 25.7 Å². The molecule has 0 aliphatic carbocycles. The molecule has 1 N–H and O–H groups in total. The fourth-order valence-electron chi connectivity index (χ4n) is 2.68. The Morgan fingerprint density at radius 1 is 1.39 bits per heavy atom. The number of hydrogen-bond acceptors (Lipinski definition) is 6. The van der Waals surface area contributed by atoms with Gasteiger partial charge in [-0.3, -0.25) is 5.01 Å². The van der Waals surface area contributed by atoms with Crippen molar-refractivity contribution in [1.82, 2.24) is 19.8 Å². The molecule has 3 rings (SSSR count). The second-order valence-electron chi connectivity index (χ2n) is 5.44. The summed E-state index contributed by atoms with van der Waals surface area (Å²) in [6, 6.07) is 2.51. The van der Waals surface area contributed by atoms with Gasteiger partial charge in [0.25, 0.3) is 0 Å². The Morgan fingerprint density at radius 3 is 2.83 bits per heavy atom. The van der Waals surface area contributed by atoms with Crippen molar-refractivity contribution < 1.29 is 13.9 Å². The van der Waals surface area contributed by atoms with E-state index in [0.29, 0.717) is 13.1 Å². The Balaban J connectivity index is 2.02. The highest BCUT2D eigenvalue weighted by atomic mass is 19.1. The Labute approximate surface area is 131 Å². The summed E-state index contributed by atoms with van der Waals surface area (Å²) in [5.74, 6) is -1.53. The van der Waals surface area contributed by atoms with Gasteiger partial charge in [-0.2, -0.15) is 10.2 Å². The largest absolute Gasteiger partial charge is 0.381 e. The average Bonchev–Trinajstić information content (AvgIpc) is 3.19. The quantitative estimate of drug-likeness (QED) is 0.905. The summed E-state index contributed by atoms with van der Waals surface area (Å²) in [5, 5.41) is 24.6. The Bertz CT molecular complexity index is 707. The van der Waals surface area contributed by atoms with E-state index >= 15 is 0 Å². The number of nitrogens with zero attached hydrogens (tertiary/aromatic N) is 6. The van der Waals surface area contributed by atoms with Crippen LogP contribution in [0, 0.1) is 11.6 Å². The van der Waals surface area contributed by atoms with Crippen molar-refractivity contribution in [1.29, 1.82) is 0 Å². The maximum absolute atomic E-state index is 14.3. The van der Waals surface area contributed by atoms with Crippen molar-refractivity contribution in [3.63, 3.8) is 0 Å². The Hall–Kier alpha value is -2.42. The standard InChI is InChI=1S/C14H16F2N6O/c1-10(22-5-4-18-20-22)14(23,7-21-9-17-8-19-21)12-3-2-11(15)6-13(12)16/h2-3,6,8-10,23H,4-5,7H2,1H3/t10-,14-/m1/s1. The van der Waals surface area contributed by atoms with Crippen LogP contribution in [0.2, 0.25) is 0 Å². The summed E-state index contributed by atoms with van der Waals surface area (Å²) in [6.45, 7) is 2.69. The molecule has 0 saturated carbocycles. The third-order valence-corrected chi connectivity index (χ3v) is 4.01. The molecule has 0 bridgehead atoms. The second-order valence-corrected chi connectivity index (χ2v) is 5.44. The first kappa shape index (κ1) is 15.5. The Kier molecular flexibility index (Phi) is 4.03. The predicted molar refractivity (Wildman–Crippen MR) is 76.2 cm³/mol. The van der Waals surface area contributed by atoms with Crippen molar-refractivity contribution in [2.24, 2.45) is 10.3 Å². The third-order valence-electron chi connectivity index (χ3n) is 4.01. The van der Waals surface area contributed by atoms with Crippen molar-refractivity contribution in [3.05, 3.63) is 48.1 Å². The van der Waals surface area contributed by atoms with Crippen LogP contribution in [-0.4, -0.2) is 44.0 Å². The maximum atomic E-state index is 14.3. The van der Waals surface area contributed by atoms with Gasteiger partial charge in [-0.05, 0) is 13.0 Å². The minimum Gasteiger partial charge on any atom is -0.381 e. The molecule has 2 atom stereocenters. The van der Waals surface area contributed by atoms with Crippen LogP contribution < -0.4 is 0 Å². The molecule has 1 aliphatic heterocycles. The predicted octanol–water partition coefficient (Wildman–Crippen LogP) is 1.52. The molecule has 0 fully saturated rings. The SMILES string of the molecule is C[C@@H](N1CCN=N1)[C@](O)(Cn1cncn1)c1ccc(F)cc1F. The lowest BCUT2D eigenvalue weighted by Gasteiger charge is -2.38. The lowest BCUT2D eigenvalue weighted by Crippen LogP contribution is -2.50. The molecule has 1 aromatic carbocycles. The molecule has 2 heterocycles. The van der Waals surface area contributed by atoms with E-state index in [4.69, 9.17) is 0 Å². The minimum absolute atomic E-state index is 0.0241. The molecule has 122 valence electrons. The highest BCUT2D eigenvalue weighted by molar-refractivity contribution is 5.27. The van der Waals surface area contributed by atoms with Crippen molar-refractivity contribution >= 4 is 0 Å². The van der Waals surface area contributed by atoms with E-state index in [1.54, 1.807) is 11.9 Å². The topological polar surface area (TPSA) is 78.9 Å². The van der Waals surface area contributed by atoms with E-state index in [1.807, 2.05) is 0 Å². The van der Waals surface area contributed by atoms with E-state index in [0.717, 1.165) is 12.1 Å². The highest BCUT2D eigenvalue weighted by Crippen LogP contribution is 2.33.